The zero-order valence-electron chi connectivity index (χ0n) is 15.4. The molecule has 2 fully saturated rings. The van der Waals surface area contributed by atoms with Gasteiger partial charge in [-0.3, -0.25) is 4.99 Å². The summed E-state index contributed by atoms with van der Waals surface area (Å²) in [5, 5.41) is 3.34. The first-order chi connectivity index (χ1) is 11.4. The van der Waals surface area contributed by atoms with Crippen LogP contribution in [0.2, 0.25) is 0 Å². The molecule has 0 amide bonds. The largest absolute Gasteiger partial charge is 0.378 e. The zero-order chi connectivity index (χ0) is 17.6. The van der Waals surface area contributed by atoms with Gasteiger partial charge in [0.15, 0.2) is 15.8 Å². The van der Waals surface area contributed by atoms with E-state index in [4.69, 9.17) is 4.74 Å². The maximum Gasteiger partial charge on any atom is 0.193 e. The van der Waals surface area contributed by atoms with Crippen molar-refractivity contribution in [3.63, 3.8) is 0 Å². The minimum Gasteiger partial charge on any atom is -0.378 e. The summed E-state index contributed by atoms with van der Waals surface area (Å²) in [6.07, 6.45) is 7.72. The summed E-state index contributed by atoms with van der Waals surface area (Å²) in [7, 11) is -1.27. The van der Waals surface area contributed by atoms with E-state index >= 15 is 0 Å². The Hall–Kier alpha value is -0.820. The lowest BCUT2D eigenvalue weighted by molar-refractivity contribution is 0.0276. The van der Waals surface area contributed by atoms with Crippen molar-refractivity contribution in [1.82, 2.24) is 10.2 Å². The minimum absolute atomic E-state index is 0.186. The second kappa shape index (κ2) is 8.52. The van der Waals surface area contributed by atoms with Crippen molar-refractivity contribution in [1.29, 1.82) is 0 Å². The molecular formula is C17H33N3O3S. The van der Waals surface area contributed by atoms with Crippen molar-refractivity contribution in [3.8, 4) is 0 Å². The van der Waals surface area contributed by atoms with Crippen LogP contribution in [0.3, 0.4) is 0 Å². The maximum absolute atomic E-state index is 12.1. The van der Waals surface area contributed by atoms with E-state index in [0.717, 1.165) is 25.5 Å². The Balaban J connectivity index is 1.71. The molecule has 1 aliphatic heterocycles. The molecule has 0 aromatic rings. The van der Waals surface area contributed by atoms with Crippen molar-refractivity contribution in [3.05, 3.63) is 0 Å². The van der Waals surface area contributed by atoms with E-state index in [-0.39, 0.29) is 5.75 Å². The number of rotatable bonds is 5. The molecule has 1 N–H and O–H groups in total. The number of hydrogen-bond donors (Lipinski definition) is 1. The third-order valence-electron chi connectivity index (χ3n) is 5.06. The Labute approximate surface area is 147 Å². The van der Waals surface area contributed by atoms with Gasteiger partial charge in [0.25, 0.3) is 0 Å². The van der Waals surface area contributed by atoms with Gasteiger partial charge in [0, 0.05) is 33.3 Å². The fourth-order valence-corrected chi connectivity index (χ4v) is 4.78. The highest BCUT2D eigenvalue weighted by Gasteiger charge is 2.40. The molecule has 2 aliphatic rings. The Morgan fingerprint density at radius 3 is 2.62 bits per heavy atom. The SMILES string of the molecule is CN=C(NCCCOC1CCCCC1)N1CCS(=O)(=O)C(C)(C)C1. The lowest BCUT2D eigenvalue weighted by Crippen LogP contribution is -2.57. The molecular weight excluding hydrogens is 326 g/mol. The van der Waals surface area contributed by atoms with Gasteiger partial charge in [-0.05, 0) is 33.1 Å². The molecule has 0 atom stereocenters. The molecule has 2 rings (SSSR count). The van der Waals surface area contributed by atoms with Gasteiger partial charge in [-0.25, -0.2) is 8.42 Å². The molecule has 1 aliphatic carbocycles. The van der Waals surface area contributed by atoms with Gasteiger partial charge in [-0.1, -0.05) is 19.3 Å². The number of nitrogens with one attached hydrogen (secondary N) is 1. The van der Waals surface area contributed by atoms with Crippen molar-refractivity contribution in [2.75, 3.05) is 39.0 Å². The van der Waals surface area contributed by atoms with Crippen molar-refractivity contribution < 1.29 is 13.2 Å². The fourth-order valence-electron chi connectivity index (χ4n) is 3.41. The van der Waals surface area contributed by atoms with Crippen LogP contribution in [0.25, 0.3) is 0 Å². The van der Waals surface area contributed by atoms with Gasteiger partial charge in [-0.15, -0.1) is 0 Å². The molecule has 1 saturated carbocycles. The van der Waals surface area contributed by atoms with Gasteiger partial charge < -0.3 is 15.0 Å². The summed E-state index contributed by atoms with van der Waals surface area (Å²) in [5.74, 6) is 0.974. The molecule has 140 valence electrons. The van der Waals surface area contributed by atoms with E-state index in [0.29, 0.717) is 19.2 Å². The molecule has 0 unspecified atom stereocenters. The molecule has 0 radical (unpaired) electrons. The normalized spacial score (nSPS) is 24.8. The van der Waals surface area contributed by atoms with Crippen LogP contribution < -0.4 is 5.32 Å². The summed E-state index contributed by atoms with van der Waals surface area (Å²) >= 11 is 0. The van der Waals surface area contributed by atoms with Crippen LogP contribution in [0, 0.1) is 0 Å². The Bertz CT molecular complexity index is 525. The summed E-state index contributed by atoms with van der Waals surface area (Å²) in [6, 6.07) is 0. The molecule has 7 heteroatoms. The van der Waals surface area contributed by atoms with E-state index in [1.807, 2.05) is 4.90 Å². The monoisotopic (exact) mass is 359 g/mol. The van der Waals surface area contributed by atoms with E-state index in [1.165, 1.54) is 32.1 Å². The molecule has 6 nitrogen and oxygen atoms in total. The Morgan fingerprint density at radius 1 is 1.29 bits per heavy atom. The van der Waals surface area contributed by atoms with E-state index in [9.17, 15) is 8.42 Å². The van der Waals surface area contributed by atoms with E-state index in [1.54, 1.807) is 20.9 Å². The van der Waals surface area contributed by atoms with Gasteiger partial charge in [0.05, 0.1) is 16.6 Å². The van der Waals surface area contributed by atoms with E-state index < -0.39 is 14.6 Å². The third-order valence-corrected chi connectivity index (χ3v) is 7.60. The highest BCUT2D eigenvalue weighted by Crippen LogP contribution is 2.23. The molecule has 0 bridgehead atoms. The fraction of sp³-hybridized carbons (Fsp3) is 0.941. The lowest BCUT2D eigenvalue weighted by Gasteiger charge is -2.39. The second-order valence-electron chi connectivity index (χ2n) is 7.46. The molecule has 1 saturated heterocycles. The second-order valence-corrected chi connectivity index (χ2v) is 10.2. The number of sulfone groups is 1. The first-order valence-electron chi connectivity index (χ1n) is 9.15. The van der Waals surface area contributed by atoms with Gasteiger partial charge >= 0.3 is 0 Å². The molecule has 0 aromatic carbocycles. The number of hydrogen-bond acceptors (Lipinski definition) is 4. The van der Waals surface area contributed by atoms with Crippen molar-refractivity contribution in [2.45, 2.75) is 63.2 Å². The smallest absolute Gasteiger partial charge is 0.193 e. The van der Waals surface area contributed by atoms with Gasteiger partial charge in [0.2, 0.25) is 0 Å². The Kier molecular flexibility index (Phi) is 6.92. The van der Waals surface area contributed by atoms with Crippen molar-refractivity contribution in [2.24, 2.45) is 4.99 Å². The molecule has 0 aromatic heterocycles. The topological polar surface area (TPSA) is 71.0 Å². The lowest BCUT2D eigenvalue weighted by atomic mass is 9.98. The summed E-state index contributed by atoms with van der Waals surface area (Å²) < 4.78 is 29.4. The number of ether oxygens (including phenoxy) is 1. The van der Waals surface area contributed by atoms with E-state index in [2.05, 4.69) is 10.3 Å². The molecule has 1 heterocycles. The van der Waals surface area contributed by atoms with Crippen LogP contribution in [0.1, 0.15) is 52.4 Å². The Morgan fingerprint density at radius 2 is 2.00 bits per heavy atom. The summed E-state index contributed by atoms with van der Waals surface area (Å²) in [6.45, 7) is 6.13. The zero-order valence-corrected chi connectivity index (χ0v) is 16.2. The molecule has 0 spiro atoms. The average molecular weight is 360 g/mol. The van der Waals surface area contributed by atoms with Gasteiger partial charge in [0.1, 0.15) is 0 Å². The first kappa shape index (κ1) is 19.5. The summed E-state index contributed by atoms with van der Waals surface area (Å²) in [5.41, 5.74) is 0. The van der Waals surface area contributed by atoms with Crippen LogP contribution >= 0.6 is 0 Å². The number of aliphatic imine (C=N–C) groups is 1. The third kappa shape index (κ3) is 5.09. The van der Waals surface area contributed by atoms with Crippen LogP contribution in [0.5, 0.6) is 0 Å². The number of nitrogens with zero attached hydrogens (tertiary/aromatic N) is 2. The quantitative estimate of drug-likeness (QED) is 0.460. The highest BCUT2D eigenvalue weighted by atomic mass is 32.2. The minimum atomic E-state index is -3.02. The maximum atomic E-state index is 12.1. The van der Waals surface area contributed by atoms with Crippen LogP contribution in [-0.4, -0.2) is 69.2 Å². The highest BCUT2D eigenvalue weighted by molar-refractivity contribution is 7.92. The first-order valence-corrected chi connectivity index (χ1v) is 10.8. The van der Waals surface area contributed by atoms with Gasteiger partial charge in [-0.2, -0.15) is 0 Å². The van der Waals surface area contributed by atoms with Crippen LogP contribution in [0.4, 0.5) is 0 Å². The molecule has 24 heavy (non-hydrogen) atoms. The summed E-state index contributed by atoms with van der Waals surface area (Å²) in [4.78, 5) is 6.35. The average Bonchev–Trinajstić information content (AvgIpc) is 2.55. The van der Waals surface area contributed by atoms with Crippen LogP contribution in [-0.2, 0) is 14.6 Å². The predicted octanol–water partition coefficient (Wildman–Crippen LogP) is 1.81. The predicted molar refractivity (Wildman–Crippen MR) is 98.2 cm³/mol. The van der Waals surface area contributed by atoms with Crippen molar-refractivity contribution >= 4 is 15.8 Å². The number of guanidine groups is 1. The standard InChI is InChI=1S/C17H33N3O3S/c1-17(2)14-20(11-13-24(17,21)22)16(18-3)19-10-7-12-23-15-8-5-4-6-9-15/h15H,4-14H2,1-3H3,(H,18,19). The van der Waals surface area contributed by atoms with Crippen LogP contribution in [0.15, 0.2) is 4.99 Å².